The highest BCUT2D eigenvalue weighted by Gasteiger charge is 2.30. The van der Waals surface area contributed by atoms with Crippen LogP contribution in [0.5, 0.6) is 0 Å². The van der Waals surface area contributed by atoms with E-state index in [-0.39, 0.29) is 5.41 Å². The molecule has 0 fully saturated rings. The normalized spacial score (nSPS) is 13.6. The first kappa shape index (κ1) is 18.4. The molecule has 2 nitrogen and oxygen atoms in total. The Bertz CT molecular complexity index is 646. The van der Waals surface area contributed by atoms with Gasteiger partial charge in [-0.1, -0.05) is 76.8 Å². The molecule has 0 spiro atoms. The van der Waals surface area contributed by atoms with Gasteiger partial charge in [-0.25, -0.2) is 0 Å². The van der Waals surface area contributed by atoms with Crippen molar-refractivity contribution in [2.24, 2.45) is 0 Å². The SMILES string of the molecule is CCCCCCC(C)(c1ccc(CC)cc1)c1ccc(N)cc1N. The lowest BCUT2D eigenvalue weighted by atomic mass is 9.71. The van der Waals surface area contributed by atoms with Crippen LogP contribution in [0.2, 0.25) is 0 Å². The predicted octanol–water partition coefficient (Wildman–Crippen LogP) is 5.69. The Morgan fingerprint density at radius 2 is 1.58 bits per heavy atom. The molecule has 1 unspecified atom stereocenters. The molecule has 0 saturated heterocycles. The van der Waals surface area contributed by atoms with Gasteiger partial charge in [0.2, 0.25) is 0 Å². The summed E-state index contributed by atoms with van der Waals surface area (Å²) in [4.78, 5) is 0. The third-order valence-corrected chi connectivity index (χ3v) is 5.20. The smallest absolute Gasteiger partial charge is 0.0376 e. The molecular weight excluding hydrogens is 292 g/mol. The zero-order valence-electron chi connectivity index (χ0n) is 15.4. The lowest BCUT2D eigenvalue weighted by Crippen LogP contribution is -2.25. The molecule has 4 N–H and O–H groups in total. The molecule has 0 aliphatic heterocycles. The van der Waals surface area contributed by atoms with Crippen LogP contribution in [-0.4, -0.2) is 0 Å². The molecule has 0 bridgehead atoms. The van der Waals surface area contributed by atoms with Gasteiger partial charge in [-0.2, -0.15) is 0 Å². The second-order valence-corrected chi connectivity index (χ2v) is 7.04. The molecular formula is C22H32N2. The van der Waals surface area contributed by atoms with Crippen LogP contribution in [0.25, 0.3) is 0 Å². The molecule has 2 rings (SSSR count). The fourth-order valence-corrected chi connectivity index (χ4v) is 3.53. The number of nitrogen functional groups attached to an aromatic ring is 2. The topological polar surface area (TPSA) is 52.0 Å². The van der Waals surface area contributed by atoms with E-state index in [9.17, 15) is 0 Å². The second-order valence-electron chi connectivity index (χ2n) is 7.04. The highest BCUT2D eigenvalue weighted by atomic mass is 14.6. The van der Waals surface area contributed by atoms with Crippen LogP contribution in [0.3, 0.4) is 0 Å². The number of hydrogen-bond donors (Lipinski definition) is 2. The van der Waals surface area contributed by atoms with Crippen molar-refractivity contribution in [3.63, 3.8) is 0 Å². The Kier molecular flexibility index (Phi) is 6.30. The monoisotopic (exact) mass is 324 g/mol. The van der Waals surface area contributed by atoms with Crippen LogP contribution in [0.1, 0.15) is 69.6 Å². The fraction of sp³-hybridized carbons (Fsp3) is 0.455. The number of rotatable bonds is 8. The van der Waals surface area contributed by atoms with Gasteiger partial charge in [0, 0.05) is 16.8 Å². The molecule has 0 heterocycles. The van der Waals surface area contributed by atoms with Gasteiger partial charge < -0.3 is 11.5 Å². The van der Waals surface area contributed by atoms with Crippen molar-refractivity contribution in [3.05, 3.63) is 59.2 Å². The molecule has 1 atom stereocenters. The van der Waals surface area contributed by atoms with Crippen LogP contribution in [0.15, 0.2) is 42.5 Å². The van der Waals surface area contributed by atoms with Crippen molar-refractivity contribution in [1.29, 1.82) is 0 Å². The van der Waals surface area contributed by atoms with Crippen LogP contribution in [0, 0.1) is 0 Å². The predicted molar refractivity (Wildman–Crippen MR) is 106 cm³/mol. The maximum Gasteiger partial charge on any atom is 0.0376 e. The van der Waals surface area contributed by atoms with Crippen LogP contribution >= 0.6 is 0 Å². The molecule has 0 aliphatic rings. The summed E-state index contributed by atoms with van der Waals surface area (Å²) < 4.78 is 0. The van der Waals surface area contributed by atoms with Crippen molar-refractivity contribution in [2.75, 3.05) is 11.5 Å². The van der Waals surface area contributed by atoms with Crippen molar-refractivity contribution in [3.8, 4) is 0 Å². The molecule has 2 aromatic carbocycles. The minimum Gasteiger partial charge on any atom is -0.399 e. The highest BCUT2D eigenvalue weighted by Crippen LogP contribution is 2.40. The zero-order valence-corrected chi connectivity index (χ0v) is 15.4. The molecule has 2 heteroatoms. The van der Waals surface area contributed by atoms with Crippen LogP contribution in [0.4, 0.5) is 11.4 Å². The Morgan fingerprint density at radius 1 is 0.875 bits per heavy atom. The van der Waals surface area contributed by atoms with Gasteiger partial charge in [0.15, 0.2) is 0 Å². The zero-order chi connectivity index (χ0) is 17.6. The Morgan fingerprint density at radius 3 is 2.17 bits per heavy atom. The van der Waals surface area contributed by atoms with Gasteiger partial charge in [0.25, 0.3) is 0 Å². The molecule has 0 radical (unpaired) electrons. The number of unbranched alkanes of at least 4 members (excludes halogenated alkanes) is 3. The van der Waals surface area contributed by atoms with Crippen molar-refractivity contribution < 1.29 is 0 Å². The van der Waals surface area contributed by atoms with E-state index in [4.69, 9.17) is 11.5 Å². The molecule has 130 valence electrons. The maximum atomic E-state index is 6.35. The van der Waals surface area contributed by atoms with Gasteiger partial charge in [0.1, 0.15) is 0 Å². The molecule has 0 amide bonds. The highest BCUT2D eigenvalue weighted by molar-refractivity contribution is 5.61. The maximum absolute atomic E-state index is 6.35. The van der Waals surface area contributed by atoms with E-state index in [2.05, 4.69) is 51.1 Å². The minimum atomic E-state index is -0.0716. The van der Waals surface area contributed by atoms with Crippen molar-refractivity contribution in [2.45, 2.75) is 64.7 Å². The third kappa shape index (κ3) is 4.11. The second kappa shape index (κ2) is 8.23. The summed E-state index contributed by atoms with van der Waals surface area (Å²) in [6.07, 6.45) is 7.20. The van der Waals surface area contributed by atoms with E-state index in [1.807, 2.05) is 12.1 Å². The first-order valence-corrected chi connectivity index (χ1v) is 9.26. The first-order chi connectivity index (χ1) is 11.5. The molecule has 0 saturated carbocycles. The molecule has 2 aromatic rings. The third-order valence-electron chi connectivity index (χ3n) is 5.20. The van der Waals surface area contributed by atoms with E-state index < -0.39 is 0 Å². The van der Waals surface area contributed by atoms with E-state index >= 15 is 0 Å². The summed E-state index contributed by atoms with van der Waals surface area (Å²) in [7, 11) is 0. The average molecular weight is 325 g/mol. The lowest BCUT2D eigenvalue weighted by Gasteiger charge is -2.32. The van der Waals surface area contributed by atoms with E-state index in [0.29, 0.717) is 0 Å². The molecule has 24 heavy (non-hydrogen) atoms. The summed E-state index contributed by atoms with van der Waals surface area (Å²) in [5.41, 5.74) is 17.6. The van der Waals surface area contributed by atoms with Gasteiger partial charge >= 0.3 is 0 Å². The van der Waals surface area contributed by atoms with Gasteiger partial charge in [-0.05, 0) is 41.7 Å². The summed E-state index contributed by atoms with van der Waals surface area (Å²) in [5.74, 6) is 0. The summed E-state index contributed by atoms with van der Waals surface area (Å²) in [6.45, 7) is 6.76. The number of aryl methyl sites for hydroxylation is 1. The summed E-state index contributed by atoms with van der Waals surface area (Å²) >= 11 is 0. The van der Waals surface area contributed by atoms with Crippen LogP contribution < -0.4 is 11.5 Å². The number of nitrogens with two attached hydrogens (primary N) is 2. The average Bonchev–Trinajstić information content (AvgIpc) is 2.58. The molecule has 0 aromatic heterocycles. The van der Waals surface area contributed by atoms with Crippen molar-refractivity contribution in [1.82, 2.24) is 0 Å². The summed E-state index contributed by atoms with van der Waals surface area (Å²) in [5, 5.41) is 0. The number of anilines is 2. The Hall–Kier alpha value is -1.96. The standard InChI is InChI=1S/C22H32N2/c1-4-6-7-8-15-22(3,18-11-9-17(5-2)10-12-18)20-14-13-19(23)16-21(20)24/h9-14,16H,4-8,15,23-24H2,1-3H3. The largest absolute Gasteiger partial charge is 0.399 e. The van der Waals surface area contributed by atoms with Gasteiger partial charge in [-0.15, -0.1) is 0 Å². The van der Waals surface area contributed by atoms with E-state index in [1.165, 1.54) is 42.4 Å². The number of hydrogen-bond acceptors (Lipinski definition) is 2. The van der Waals surface area contributed by atoms with E-state index in [1.54, 1.807) is 0 Å². The Labute approximate surface area is 147 Å². The first-order valence-electron chi connectivity index (χ1n) is 9.26. The minimum absolute atomic E-state index is 0.0716. The van der Waals surface area contributed by atoms with E-state index in [0.717, 1.165) is 24.2 Å². The van der Waals surface area contributed by atoms with Gasteiger partial charge in [0.05, 0.1) is 0 Å². The Balaban J connectivity index is 2.39. The quantitative estimate of drug-likeness (QED) is 0.484. The lowest BCUT2D eigenvalue weighted by molar-refractivity contribution is 0.479. The van der Waals surface area contributed by atoms with Gasteiger partial charge in [-0.3, -0.25) is 0 Å². The van der Waals surface area contributed by atoms with Crippen molar-refractivity contribution >= 4 is 11.4 Å². The van der Waals surface area contributed by atoms with Crippen LogP contribution in [-0.2, 0) is 11.8 Å². The number of benzene rings is 2. The summed E-state index contributed by atoms with van der Waals surface area (Å²) in [6, 6.07) is 15.0. The fourth-order valence-electron chi connectivity index (χ4n) is 3.53. The molecule has 0 aliphatic carbocycles.